The standard InChI is InChI=1S/C26H28N4O3S2/c1-4-29-23(28-15-17-9-11-19(33-3)12-10-17)20(16(2)21(14-27)24(29)31)13-22-25(32)30(26(34)35-22)18-7-5-6-8-18/h9-13,18,28H,4-8,15H2,1-3H3/b22-13+. The van der Waals surface area contributed by atoms with Gasteiger partial charge in [0.1, 0.15) is 27.5 Å². The van der Waals surface area contributed by atoms with Crippen LogP contribution in [0.15, 0.2) is 34.0 Å². The zero-order valence-electron chi connectivity index (χ0n) is 20.1. The van der Waals surface area contributed by atoms with Gasteiger partial charge in [-0.05, 0) is 56.0 Å². The molecule has 7 nitrogen and oxygen atoms in total. The molecule has 0 bridgehead atoms. The number of benzene rings is 1. The maximum absolute atomic E-state index is 13.3. The SMILES string of the molecule is CCn1c(NCc2ccc(OC)cc2)c(/C=C2/SC(=S)N(C3CCCC3)C2=O)c(C)c(C#N)c1=O. The monoisotopic (exact) mass is 508 g/mol. The second-order valence-electron chi connectivity index (χ2n) is 8.62. The van der Waals surface area contributed by atoms with Crippen molar-refractivity contribution in [2.75, 3.05) is 12.4 Å². The minimum absolute atomic E-state index is 0.0827. The Morgan fingerprint density at radius 3 is 2.54 bits per heavy atom. The predicted octanol–water partition coefficient (Wildman–Crippen LogP) is 4.81. The van der Waals surface area contributed by atoms with Crippen LogP contribution in [0.1, 0.15) is 54.9 Å². The number of aromatic nitrogens is 1. The Labute approximate surface area is 214 Å². The van der Waals surface area contributed by atoms with E-state index in [0.29, 0.717) is 39.3 Å². The minimum atomic E-state index is -0.347. The van der Waals surface area contributed by atoms with Crippen molar-refractivity contribution in [1.29, 1.82) is 5.26 Å². The summed E-state index contributed by atoms with van der Waals surface area (Å²) in [6, 6.07) is 9.86. The molecule has 2 aliphatic rings. The molecule has 2 heterocycles. The molecule has 0 unspecified atom stereocenters. The maximum Gasteiger partial charge on any atom is 0.270 e. The van der Waals surface area contributed by atoms with Crippen LogP contribution in [0.4, 0.5) is 5.82 Å². The first-order valence-corrected chi connectivity index (χ1v) is 12.9. The molecule has 4 rings (SSSR count). The van der Waals surface area contributed by atoms with Gasteiger partial charge in [0.15, 0.2) is 0 Å². The van der Waals surface area contributed by atoms with Gasteiger partial charge in [-0.25, -0.2) is 0 Å². The van der Waals surface area contributed by atoms with Gasteiger partial charge >= 0.3 is 0 Å². The Balaban J connectivity index is 1.76. The first-order chi connectivity index (χ1) is 16.9. The van der Waals surface area contributed by atoms with Gasteiger partial charge in [-0.1, -0.05) is 49.0 Å². The highest BCUT2D eigenvalue weighted by atomic mass is 32.2. The number of thiocarbonyl (C=S) groups is 1. The molecule has 0 radical (unpaired) electrons. The largest absolute Gasteiger partial charge is 0.497 e. The molecule has 1 saturated heterocycles. The van der Waals surface area contributed by atoms with Crippen LogP contribution < -0.4 is 15.6 Å². The second kappa shape index (κ2) is 10.7. The Kier molecular flexibility index (Phi) is 7.63. The minimum Gasteiger partial charge on any atom is -0.497 e. The number of nitrogens with one attached hydrogen (secondary N) is 1. The molecule has 1 saturated carbocycles. The van der Waals surface area contributed by atoms with E-state index >= 15 is 0 Å². The summed E-state index contributed by atoms with van der Waals surface area (Å²) in [5, 5.41) is 13.1. The number of ether oxygens (including phenoxy) is 1. The van der Waals surface area contributed by atoms with Crippen LogP contribution in [0.5, 0.6) is 5.75 Å². The van der Waals surface area contributed by atoms with Crippen molar-refractivity contribution >= 4 is 46.1 Å². The van der Waals surface area contributed by atoms with Crippen LogP contribution in [-0.2, 0) is 17.9 Å². The van der Waals surface area contributed by atoms with Crippen LogP contribution in [0.25, 0.3) is 6.08 Å². The number of nitrogens with zero attached hydrogens (tertiary/aromatic N) is 3. The Morgan fingerprint density at radius 2 is 1.94 bits per heavy atom. The number of thioether (sulfide) groups is 1. The molecule has 1 aliphatic heterocycles. The molecule has 0 atom stereocenters. The number of methoxy groups -OCH3 is 1. The molecule has 0 spiro atoms. The van der Waals surface area contributed by atoms with Crippen molar-refractivity contribution in [1.82, 2.24) is 9.47 Å². The van der Waals surface area contributed by atoms with Crippen molar-refractivity contribution < 1.29 is 9.53 Å². The number of pyridine rings is 1. The first kappa shape index (κ1) is 25.0. The average molecular weight is 509 g/mol. The van der Waals surface area contributed by atoms with Crippen molar-refractivity contribution in [3.63, 3.8) is 0 Å². The van der Waals surface area contributed by atoms with E-state index in [2.05, 4.69) is 11.4 Å². The third-order valence-electron chi connectivity index (χ3n) is 6.60. The van der Waals surface area contributed by atoms with E-state index in [0.717, 1.165) is 37.0 Å². The lowest BCUT2D eigenvalue weighted by molar-refractivity contribution is -0.123. The van der Waals surface area contributed by atoms with E-state index in [-0.39, 0.29) is 23.1 Å². The van der Waals surface area contributed by atoms with Crippen molar-refractivity contribution in [2.24, 2.45) is 0 Å². The zero-order valence-corrected chi connectivity index (χ0v) is 21.7. The summed E-state index contributed by atoms with van der Waals surface area (Å²) < 4.78 is 7.36. The lowest BCUT2D eigenvalue weighted by atomic mass is 10.0. The molecule has 1 N–H and O–H groups in total. The fourth-order valence-corrected chi connectivity index (χ4v) is 6.05. The average Bonchev–Trinajstić information content (AvgIpc) is 3.47. The highest BCUT2D eigenvalue weighted by molar-refractivity contribution is 8.26. The van der Waals surface area contributed by atoms with Gasteiger partial charge in [0.2, 0.25) is 0 Å². The van der Waals surface area contributed by atoms with Gasteiger partial charge in [-0.3, -0.25) is 19.1 Å². The van der Waals surface area contributed by atoms with Crippen molar-refractivity contribution in [2.45, 2.75) is 58.7 Å². The van der Waals surface area contributed by atoms with E-state index in [1.165, 1.54) is 11.8 Å². The Hall–Kier alpha value is -3.09. The molecule has 1 amide bonds. The highest BCUT2D eigenvalue weighted by Crippen LogP contribution is 2.39. The molecular formula is C26H28N4O3S2. The quantitative estimate of drug-likeness (QED) is 0.424. The van der Waals surface area contributed by atoms with Crippen LogP contribution in [0.2, 0.25) is 0 Å². The predicted molar refractivity (Wildman–Crippen MR) is 143 cm³/mol. The maximum atomic E-state index is 13.3. The summed E-state index contributed by atoms with van der Waals surface area (Å²) in [6.45, 7) is 4.45. The summed E-state index contributed by atoms with van der Waals surface area (Å²) in [4.78, 5) is 28.7. The number of carbonyl (C=O) groups is 1. The molecule has 1 aliphatic carbocycles. The van der Waals surface area contributed by atoms with Crippen LogP contribution in [-0.4, -0.2) is 32.8 Å². The number of hydrogen-bond donors (Lipinski definition) is 1. The molecular weight excluding hydrogens is 480 g/mol. The fraction of sp³-hybridized carbons (Fsp3) is 0.385. The van der Waals surface area contributed by atoms with Gasteiger partial charge in [-0.2, -0.15) is 5.26 Å². The molecule has 9 heteroatoms. The normalized spacial score (nSPS) is 17.3. The van der Waals surface area contributed by atoms with E-state index < -0.39 is 0 Å². The number of amides is 1. The number of carbonyl (C=O) groups excluding carboxylic acids is 1. The summed E-state index contributed by atoms with van der Waals surface area (Å²) in [5.74, 6) is 1.24. The third kappa shape index (κ3) is 4.86. The molecule has 1 aromatic carbocycles. The summed E-state index contributed by atoms with van der Waals surface area (Å²) >= 11 is 6.85. The second-order valence-corrected chi connectivity index (χ2v) is 10.3. The van der Waals surface area contributed by atoms with Crippen LogP contribution in [0, 0.1) is 18.3 Å². The lowest BCUT2D eigenvalue weighted by Crippen LogP contribution is -2.36. The van der Waals surface area contributed by atoms with E-state index in [9.17, 15) is 14.9 Å². The highest BCUT2D eigenvalue weighted by Gasteiger charge is 2.38. The number of anilines is 1. The Bertz CT molecular complexity index is 1290. The zero-order chi connectivity index (χ0) is 25.1. The van der Waals surface area contributed by atoms with Gasteiger partial charge in [0.25, 0.3) is 11.5 Å². The topological polar surface area (TPSA) is 87.4 Å². The summed E-state index contributed by atoms with van der Waals surface area (Å²) in [7, 11) is 1.62. The number of nitriles is 1. The molecule has 2 fully saturated rings. The number of hydrogen-bond acceptors (Lipinski definition) is 7. The third-order valence-corrected chi connectivity index (χ3v) is 7.93. The smallest absolute Gasteiger partial charge is 0.270 e. The van der Waals surface area contributed by atoms with E-state index in [4.69, 9.17) is 17.0 Å². The Morgan fingerprint density at radius 1 is 1.26 bits per heavy atom. The molecule has 182 valence electrons. The summed E-state index contributed by atoms with van der Waals surface area (Å²) in [6.07, 6.45) is 5.92. The first-order valence-electron chi connectivity index (χ1n) is 11.7. The fourth-order valence-electron chi connectivity index (χ4n) is 4.67. The van der Waals surface area contributed by atoms with E-state index in [1.807, 2.05) is 31.2 Å². The molecule has 1 aromatic heterocycles. The van der Waals surface area contributed by atoms with Crippen LogP contribution in [0.3, 0.4) is 0 Å². The van der Waals surface area contributed by atoms with E-state index in [1.54, 1.807) is 29.6 Å². The van der Waals surface area contributed by atoms with Crippen molar-refractivity contribution in [3.05, 3.63) is 61.8 Å². The summed E-state index contributed by atoms with van der Waals surface area (Å²) in [5.41, 5.74) is 1.94. The lowest BCUT2D eigenvalue weighted by Gasteiger charge is -2.22. The van der Waals surface area contributed by atoms with Gasteiger partial charge in [-0.15, -0.1) is 0 Å². The van der Waals surface area contributed by atoms with Gasteiger partial charge in [0, 0.05) is 24.7 Å². The van der Waals surface area contributed by atoms with Gasteiger partial charge < -0.3 is 10.1 Å². The van der Waals surface area contributed by atoms with Gasteiger partial charge in [0.05, 0.1) is 12.0 Å². The van der Waals surface area contributed by atoms with Crippen molar-refractivity contribution in [3.8, 4) is 11.8 Å². The van der Waals surface area contributed by atoms with Crippen LogP contribution >= 0.6 is 24.0 Å². The molecule has 35 heavy (non-hydrogen) atoms. The number of rotatable bonds is 7. The molecule has 2 aromatic rings.